The van der Waals surface area contributed by atoms with Gasteiger partial charge in [-0.2, -0.15) is 0 Å². The van der Waals surface area contributed by atoms with Gasteiger partial charge in [-0.1, -0.05) is 69.7 Å². The standard InChI is InChI=1S/C29H28N2/c1-19-15-21-18-23(16-19)29(4,5)27-14-7-11-24(30-27)20-9-6-10-22(17-20)28(2,3)26-13-8-12-25(21)31-26/h6-18H,1-5H3. The highest BCUT2D eigenvalue weighted by Gasteiger charge is 2.28. The SMILES string of the molecule is Cc1cc2cc(c1)C(C)(C)c1cccc(n1)-c1cccc(c1)C(C)(C)c1cccc-2n1. The number of nitrogens with zero attached hydrogens (tertiary/aromatic N) is 2. The van der Waals surface area contributed by atoms with Crippen LogP contribution >= 0.6 is 0 Å². The Balaban J connectivity index is 1.87. The zero-order valence-corrected chi connectivity index (χ0v) is 18.9. The number of hydrogen-bond acceptors (Lipinski definition) is 2. The number of benzene rings is 2. The molecule has 0 aliphatic carbocycles. The Hall–Kier alpha value is -3.26. The molecule has 0 amide bonds. The highest BCUT2D eigenvalue weighted by molar-refractivity contribution is 5.65. The van der Waals surface area contributed by atoms with Crippen LogP contribution in [0.25, 0.3) is 22.5 Å². The van der Waals surface area contributed by atoms with E-state index in [1.165, 1.54) is 16.7 Å². The van der Waals surface area contributed by atoms with Crippen LogP contribution in [0.15, 0.2) is 78.9 Å². The molecule has 31 heavy (non-hydrogen) atoms. The summed E-state index contributed by atoms with van der Waals surface area (Å²) in [5.74, 6) is 0. The molecule has 0 N–H and O–H groups in total. The molecule has 2 heteroatoms. The Morgan fingerprint density at radius 1 is 0.548 bits per heavy atom. The van der Waals surface area contributed by atoms with E-state index in [1.807, 2.05) is 0 Å². The van der Waals surface area contributed by atoms with E-state index in [4.69, 9.17) is 9.97 Å². The van der Waals surface area contributed by atoms with Gasteiger partial charge in [0.05, 0.1) is 22.8 Å². The molecule has 8 bridgehead atoms. The average molecular weight is 405 g/mol. The first kappa shape index (κ1) is 19.7. The van der Waals surface area contributed by atoms with Gasteiger partial charge in [-0.15, -0.1) is 0 Å². The van der Waals surface area contributed by atoms with Crippen molar-refractivity contribution in [3.63, 3.8) is 0 Å². The molecule has 154 valence electrons. The van der Waals surface area contributed by atoms with Gasteiger partial charge in [-0.05, 0) is 60.5 Å². The molecule has 2 aromatic heterocycles. The average Bonchev–Trinajstić information content (AvgIpc) is 2.78. The molecule has 3 heterocycles. The summed E-state index contributed by atoms with van der Waals surface area (Å²) < 4.78 is 0. The van der Waals surface area contributed by atoms with Crippen LogP contribution in [0.2, 0.25) is 0 Å². The van der Waals surface area contributed by atoms with Crippen molar-refractivity contribution in [2.24, 2.45) is 0 Å². The van der Waals surface area contributed by atoms with Crippen LogP contribution in [-0.2, 0) is 10.8 Å². The number of fused-ring (bicyclic) bond motifs is 10. The van der Waals surface area contributed by atoms with E-state index in [1.54, 1.807) is 0 Å². The van der Waals surface area contributed by atoms with E-state index >= 15 is 0 Å². The fourth-order valence-corrected chi connectivity index (χ4v) is 4.54. The van der Waals surface area contributed by atoms with Crippen molar-refractivity contribution in [3.05, 3.63) is 107 Å². The van der Waals surface area contributed by atoms with Gasteiger partial charge < -0.3 is 0 Å². The summed E-state index contributed by atoms with van der Waals surface area (Å²) in [7, 11) is 0. The van der Waals surface area contributed by atoms with Gasteiger partial charge in [0.15, 0.2) is 0 Å². The summed E-state index contributed by atoms with van der Waals surface area (Å²) in [5, 5.41) is 0. The second kappa shape index (κ2) is 6.88. The minimum absolute atomic E-state index is 0.223. The number of hydrogen-bond donors (Lipinski definition) is 0. The lowest BCUT2D eigenvalue weighted by Gasteiger charge is -2.28. The first-order chi connectivity index (χ1) is 14.7. The summed E-state index contributed by atoms with van der Waals surface area (Å²) in [6, 6.07) is 28.3. The fraction of sp³-hybridized carbons (Fsp3) is 0.241. The van der Waals surface area contributed by atoms with Gasteiger partial charge in [-0.25, -0.2) is 0 Å². The van der Waals surface area contributed by atoms with E-state index in [0.29, 0.717) is 0 Å². The monoisotopic (exact) mass is 404 g/mol. The van der Waals surface area contributed by atoms with Crippen LogP contribution in [0.1, 0.15) is 55.8 Å². The van der Waals surface area contributed by atoms with Crippen molar-refractivity contribution >= 4 is 0 Å². The lowest BCUT2D eigenvalue weighted by Crippen LogP contribution is -2.22. The maximum absolute atomic E-state index is 5.14. The molecule has 1 aliphatic heterocycles. The van der Waals surface area contributed by atoms with Gasteiger partial charge >= 0.3 is 0 Å². The van der Waals surface area contributed by atoms with E-state index in [0.717, 1.165) is 33.9 Å². The molecule has 5 rings (SSSR count). The van der Waals surface area contributed by atoms with Crippen molar-refractivity contribution in [1.29, 1.82) is 0 Å². The Bertz CT molecular complexity index is 1300. The Labute approximate surface area is 185 Å². The zero-order valence-electron chi connectivity index (χ0n) is 18.9. The lowest BCUT2D eigenvalue weighted by atomic mass is 9.78. The second-order valence-corrected chi connectivity index (χ2v) is 9.73. The van der Waals surface area contributed by atoms with Gasteiger partial charge in [-0.3, -0.25) is 9.97 Å². The third-order valence-electron chi connectivity index (χ3n) is 6.75. The highest BCUT2D eigenvalue weighted by atomic mass is 14.7. The minimum atomic E-state index is -0.227. The molecule has 0 saturated carbocycles. The van der Waals surface area contributed by atoms with Crippen LogP contribution in [-0.4, -0.2) is 9.97 Å². The van der Waals surface area contributed by atoms with Crippen LogP contribution in [0.4, 0.5) is 0 Å². The number of pyridine rings is 2. The number of aromatic nitrogens is 2. The van der Waals surface area contributed by atoms with Gasteiger partial charge in [0.2, 0.25) is 0 Å². The highest BCUT2D eigenvalue weighted by Crippen LogP contribution is 2.37. The topological polar surface area (TPSA) is 25.8 Å². The molecule has 0 unspecified atom stereocenters. The van der Waals surface area contributed by atoms with Crippen molar-refractivity contribution in [2.75, 3.05) is 0 Å². The zero-order chi connectivity index (χ0) is 21.8. The summed E-state index contributed by atoms with van der Waals surface area (Å²) >= 11 is 0. The summed E-state index contributed by atoms with van der Waals surface area (Å²) in [6.45, 7) is 11.2. The van der Waals surface area contributed by atoms with E-state index in [-0.39, 0.29) is 10.8 Å². The molecule has 0 atom stereocenters. The Morgan fingerprint density at radius 2 is 1.10 bits per heavy atom. The molecule has 0 fully saturated rings. The van der Waals surface area contributed by atoms with Crippen molar-refractivity contribution in [1.82, 2.24) is 9.97 Å². The lowest BCUT2D eigenvalue weighted by molar-refractivity contribution is 0.614. The molecule has 2 aromatic carbocycles. The fourth-order valence-electron chi connectivity index (χ4n) is 4.54. The Morgan fingerprint density at radius 3 is 1.77 bits per heavy atom. The smallest absolute Gasteiger partial charge is 0.0705 e. The van der Waals surface area contributed by atoms with Crippen molar-refractivity contribution < 1.29 is 0 Å². The maximum atomic E-state index is 5.14. The molecule has 1 aliphatic rings. The molecule has 0 radical (unpaired) electrons. The minimum Gasteiger partial charge on any atom is -0.252 e. The predicted molar refractivity (Wildman–Crippen MR) is 128 cm³/mol. The summed E-state index contributed by atoms with van der Waals surface area (Å²) in [4.78, 5) is 10.3. The largest absolute Gasteiger partial charge is 0.252 e. The van der Waals surface area contributed by atoms with Gasteiger partial charge in [0.1, 0.15) is 0 Å². The summed E-state index contributed by atoms with van der Waals surface area (Å²) in [5.41, 5.74) is 9.75. The number of aryl methyl sites for hydroxylation is 1. The number of rotatable bonds is 0. The normalized spacial score (nSPS) is 15.8. The first-order valence-corrected chi connectivity index (χ1v) is 10.9. The maximum Gasteiger partial charge on any atom is 0.0705 e. The molecule has 0 spiro atoms. The molecule has 2 nitrogen and oxygen atoms in total. The van der Waals surface area contributed by atoms with Gasteiger partial charge in [0.25, 0.3) is 0 Å². The van der Waals surface area contributed by atoms with Crippen LogP contribution in [0.3, 0.4) is 0 Å². The molecular formula is C29H28N2. The second-order valence-electron chi connectivity index (χ2n) is 9.73. The predicted octanol–water partition coefficient (Wildman–Crippen LogP) is 7.08. The van der Waals surface area contributed by atoms with Crippen LogP contribution in [0.5, 0.6) is 0 Å². The molecular weight excluding hydrogens is 376 g/mol. The third kappa shape index (κ3) is 3.27. The van der Waals surface area contributed by atoms with Crippen molar-refractivity contribution in [2.45, 2.75) is 45.4 Å². The van der Waals surface area contributed by atoms with Gasteiger partial charge in [0, 0.05) is 22.0 Å². The van der Waals surface area contributed by atoms with E-state index in [2.05, 4.69) is 113 Å². The summed E-state index contributed by atoms with van der Waals surface area (Å²) in [6.07, 6.45) is 0. The van der Waals surface area contributed by atoms with Crippen molar-refractivity contribution in [3.8, 4) is 22.5 Å². The Kier molecular flexibility index (Phi) is 4.37. The first-order valence-electron chi connectivity index (χ1n) is 10.9. The van der Waals surface area contributed by atoms with Crippen LogP contribution in [0, 0.1) is 6.92 Å². The molecule has 0 saturated heterocycles. The van der Waals surface area contributed by atoms with Crippen LogP contribution < -0.4 is 0 Å². The third-order valence-corrected chi connectivity index (χ3v) is 6.75. The van der Waals surface area contributed by atoms with E-state index in [9.17, 15) is 0 Å². The van der Waals surface area contributed by atoms with E-state index < -0.39 is 0 Å². The quantitative estimate of drug-likeness (QED) is 0.313. The molecule has 4 aromatic rings.